The van der Waals surface area contributed by atoms with Gasteiger partial charge in [0.05, 0.1) is 0 Å². The SMILES string of the molecule is Clc1ccccc1C1OC(c2ccccc2)OC1c1cccnc1. The van der Waals surface area contributed by atoms with Crippen molar-refractivity contribution in [2.45, 2.75) is 18.5 Å². The third-order valence-electron chi connectivity index (χ3n) is 4.11. The summed E-state index contributed by atoms with van der Waals surface area (Å²) in [4.78, 5) is 4.21. The average Bonchev–Trinajstić information content (AvgIpc) is 3.09. The number of hydrogen-bond donors (Lipinski definition) is 0. The Hall–Kier alpha value is -2.20. The van der Waals surface area contributed by atoms with Gasteiger partial charge < -0.3 is 9.47 Å². The molecule has 3 nitrogen and oxygen atoms in total. The highest BCUT2D eigenvalue weighted by Crippen LogP contribution is 2.49. The van der Waals surface area contributed by atoms with Crippen LogP contribution in [0, 0.1) is 0 Å². The maximum absolute atomic E-state index is 6.40. The van der Waals surface area contributed by atoms with Crippen LogP contribution >= 0.6 is 11.6 Å². The van der Waals surface area contributed by atoms with Crippen LogP contribution in [0.25, 0.3) is 0 Å². The van der Waals surface area contributed by atoms with E-state index >= 15 is 0 Å². The van der Waals surface area contributed by atoms with E-state index in [1.807, 2.05) is 72.9 Å². The Morgan fingerprint density at radius 3 is 2.21 bits per heavy atom. The van der Waals surface area contributed by atoms with Crippen LogP contribution in [0.2, 0.25) is 5.02 Å². The maximum Gasteiger partial charge on any atom is 0.185 e. The van der Waals surface area contributed by atoms with Crippen molar-refractivity contribution >= 4 is 11.6 Å². The number of nitrogens with zero attached hydrogens (tertiary/aromatic N) is 1. The Morgan fingerprint density at radius 2 is 1.46 bits per heavy atom. The monoisotopic (exact) mass is 337 g/mol. The maximum atomic E-state index is 6.40. The Bertz CT molecular complexity index is 810. The van der Waals surface area contributed by atoms with Gasteiger partial charge in [0.2, 0.25) is 0 Å². The van der Waals surface area contributed by atoms with Crippen molar-refractivity contribution in [3.63, 3.8) is 0 Å². The van der Waals surface area contributed by atoms with Gasteiger partial charge in [0.1, 0.15) is 12.2 Å². The fraction of sp³-hybridized carbons (Fsp3) is 0.150. The Balaban J connectivity index is 1.73. The molecular weight excluding hydrogens is 322 g/mol. The molecule has 120 valence electrons. The second kappa shape index (κ2) is 6.73. The number of hydrogen-bond acceptors (Lipinski definition) is 3. The number of pyridine rings is 1. The summed E-state index contributed by atoms with van der Waals surface area (Å²) in [7, 11) is 0. The predicted octanol–water partition coefficient (Wildman–Crippen LogP) is 5.26. The predicted molar refractivity (Wildman–Crippen MR) is 92.5 cm³/mol. The molecule has 0 amide bonds. The average molecular weight is 338 g/mol. The topological polar surface area (TPSA) is 31.4 Å². The van der Waals surface area contributed by atoms with E-state index in [0.29, 0.717) is 5.02 Å². The lowest BCUT2D eigenvalue weighted by Gasteiger charge is -2.18. The van der Waals surface area contributed by atoms with Gasteiger partial charge in [-0.1, -0.05) is 66.2 Å². The normalized spacial score (nSPS) is 23.3. The first-order valence-corrected chi connectivity index (χ1v) is 8.21. The van der Waals surface area contributed by atoms with Crippen LogP contribution in [0.3, 0.4) is 0 Å². The molecule has 3 aromatic rings. The van der Waals surface area contributed by atoms with Gasteiger partial charge in [-0.2, -0.15) is 0 Å². The standard InChI is InChI=1S/C20H16ClNO2/c21-17-11-5-4-10-16(17)19-18(15-9-6-12-22-13-15)23-20(24-19)14-7-2-1-3-8-14/h1-13,18-20H. The van der Waals surface area contributed by atoms with Crippen molar-refractivity contribution in [2.24, 2.45) is 0 Å². The van der Waals surface area contributed by atoms with Crippen LogP contribution in [0.5, 0.6) is 0 Å². The zero-order chi connectivity index (χ0) is 16.4. The molecule has 0 N–H and O–H groups in total. The molecule has 3 atom stereocenters. The van der Waals surface area contributed by atoms with Crippen molar-refractivity contribution in [3.8, 4) is 0 Å². The molecule has 24 heavy (non-hydrogen) atoms. The summed E-state index contributed by atoms with van der Waals surface area (Å²) in [5, 5.41) is 0.675. The van der Waals surface area contributed by atoms with E-state index in [4.69, 9.17) is 21.1 Å². The molecule has 3 unspecified atom stereocenters. The molecule has 0 radical (unpaired) electrons. The number of rotatable bonds is 3. The lowest BCUT2D eigenvalue weighted by atomic mass is 9.99. The van der Waals surface area contributed by atoms with Gasteiger partial charge in [0.25, 0.3) is 0 Å². The Morgan fingerprint density at radius 1 is 0.750 bits per heavy atom. The van der Waals surface area contributed by atoms with Gasteiger partial charge in [-0.3, -0.25) is 4.98 Å². The van der Waals surface area contributed by atoms with Gasteiger partial charge in [0.15, 0.2) is 6.29 Å². The van der Waals surface area contributed by atoms with Crippen LogP contribution in [-0.4, -0.2) is 4.98 Å². The first kappa shape index (κ1) is 15.3. The molecule has 4 heteroatoms. The van der Waals surface area contributed by atoms with E-state index in [-0.39, 0.29) is 12.2 Å². The number of ether oxygens (including phenoxy) is 2. The highest BCUT2D eigenvalue weighted by Gasteiger charge is 2.39. The van der Waals surface area contributed by atoms with E-state index in [1.165, 1.54) is 0 Å². The minimum Gasteiger partial charge on any atom is -0.337 e. The molecule has 0 saturated carbocycles. The molecule has 1 fully saturated rings. The zero-order valence-corrected chi connectivity index (χ0v) is 13.6. The fourth-order valence-electron chi connectivity index (χ4n) is 2.95. The lowest BCUT2D eigenvalue weighted by molar-refractivity contribution is -0.0698. The molecule has 1 saturated heterocycles. The van der Waals surface area contributed by atoms with Gasteiger partial charge in [-0.15, -0.1) is 0 Å². The summed E-state index contributed by atoms with van der Waals surface area (Å²) in [5.74, 6) is 0. The number of aromatic nitrogens is 1. The number of halogens is 1. The summed E-state index contributed by atoms with van der Waals surface area (Å²) in [6.07, 6.45) is 2.58. The van der Waals surface area contributed by atoms with Gasteiger partial charge in [0, 0.05) is 34.1 Å². The van der Waals surface area contributed by atoms with Gasteiger partial charge in [-0.25, -0.2) is 0 Å². The van der Waals surface area contributed by atoms with Gasteiger partial charge in [-0.05, 0) is 12.1 Å². The third-order valence-corrected chi connectivity index (χ3v) is 4.46. The van der Waals surface area contributed by atoms with Crippen LogP contribution < -0.4 is 0 Å². The van der Waals surface area contributed by atoms with Crippen molar-refractivity contribution in [3.05, 3.63) is 101 Å². The number of benzene rings is 2. The van der Waals surface area contributed by atoms with Crippen LogP contribution in [-0.2, 0) is 9.47 Å². The van der Waals surface area contributed by atoms with E-state index in [0.717, 1.165) is 16.7 Å². The molecule has 1 aliphatic heterocycles. The Kier molecular flexibility index (Phi) is 4.30. The summed E-state index contributed by atoms with van der Waals surface area (Å²) < 4.78 is 12.5. The molecule has 0 aliphatic carbocycles. The first-order valence-electron chi connectivity index (χ1n) is 7.83. The van der Waals surface area contributed by atoms with Gasteiger partial charge >= 0.3 is 0 Å². The highest BCUT2D eigenvalue weighted by molar-refractivity contribution is 6.31. The zero-order valence-electron chi connectivity index (χ0n) is 12.9. The first-order chi connectivity index (χ1) is 11.8. The quantitative estimate of drug-likeness (QED) is 0.653. The smallest absolute Gasteiger partial charge is 0.185 e. The summed E-state index contributed by atoms with van der Waals surface area (Å²) in [5.41, 5.74) is 2.88. The molecule has 4 rings (SSSR count). The van der Waals surface area contributed by atoms with E-state index in [2.05, 4.69) is 4.98 Å². The fourth-order valence-corrected chi connectivity index (χ4v) is 3.19. The summed E-state index contributed by atoms with van der Waals surface area (Å²) in [6.45, 7) is 0. The van der Waals surface area contributed by atoms with Crippen LogP contribution in [0.15, 0.2) is 79.1 Å². The van der Waals surface area contributed by atoms with Crippen LogP contribution in [0.4, 0.5) is 0 Å². The van der Waals surface area contributed by atoms with E-state index in [9.17, 15) is 0 Å². The van der Waals surface area contributed by atoms with Crippen molar-refractivity contribution in [1.82, 2.24) is 4.98 Å². The lowest BCUT2D eigenvalue weighted by Crippen LogP contribution is -2.08. The molecule has 1 aromatic heterocycles. The van der Waals surface area contributed by atoms with Crippen LogP contribution in [0.1, 0.15) is 35.2 Å². The molecule has 0 spiro atoms. The van der Waals surface area contributed by atoms with Crippen molar-refractivity contribution in [2.75, 3.05) is 0 Å². The molecule has 2 aromatic carbocycles. The minimum absolute atomic E-state index is 0.260. The van der Waals surface area contributed by atoms with Crippen molar-refractivity contribution < 1.29 is 9.47 Å². The molecule has 0 bridgehead atoms. The molecule has 1 aliphatic rings. The molecular formula is C20H16ClNO2. The van der Waals surface area contributed by atoms with E-state index in [1.54, 1.807) is 6.20 Å². The van der Waals surface area contributed by atoms with Crippen molar-refractivity contribution in [1.29, 1.82) is 0 Å². The molecule has 2 heterocycles. The highest BCUT2D eigenvalue weighted by atomic mass is 35.5. The second-order valence-electron chi connectivity index (χ2n) is 5.66. The summed E-state index contributed by atoms with van der Waals surface area (Å²) in [6, 6.07) is 21.5. The third kappa shape index (κ3) is 2.94. The minimum atomic E-state index is -0.433. The Labute approximate surface area is 145 Å². The second-order valence-corrected chi connectivity index (χ2v) is 6.07. The largest absolute Gasteiger partial charge is 0.337 e. The summed E-state index contributed by atoms with van der Waals surface area (Å²) >= 11 is 6.40. The van der Waals surface area contributed by atoms with E-state index < -0.39 is 6.29 Å².